The first-order valence-corrected chi connectivity index (χ1v) is 9.88. The van der Waals surface area contributed by atoms with Crippen LogP contribution in [0.5, 0.6) is 0 Å². The van der Waals surface area contributed by atoms with E-state index in [-0.39, 0.29) is 29.5 Å². The molecule has 2 aliphatic heterocycles. The Labute approximate surface area is 172 Å². The van der Waals surface area contributed by atoms with Crippen molar-refractivity contribution in [1.29, 1.82) is 0 Å². The van der Waals surface area contributed by atoms with Crippen LogP contribution in [0.15, 0.2) is 41.5 Å². The summed E-state index contributed by atoms with van der Waals surface area (Å²) >= 11 is 1.38. The van der Waals surface area contributed by atoms with E-state index in [9.17, 15) is 22.4 Å². The molecule has 1 aromatic carbocycles. The first-order valence-electron chi connectivity index (χ1n) is 8.89. The summed E-state index contributed by atoms with van der Waals surface area (Å²) in [5.74, 6) is -0.687. The van der Waals surface area contributed by atoms with E-state index in [2.05, 4.69) is 15.3 Å². The number of fused-ring (bicyclic) bond motifs is 1. The average molecular weight is 440 g/mol. The Morgan fingerprint density at radius 1 is 1.30 bits per heavy atom. The standard InChI is InChI=1S/C19H16F4N4O2S/c20-14-3-2-12(26-16(28)15-4-1-10(6-25-15)19(21,22)23)5-13(14)18-9-29-7-11(18)8-30-17(24)27-18/h1-6,11H,7-9H2,(H2,24,27)(H,26,28)/t11-,18+/m0/s1. The average Bonchev–Trinajstić information content (AvgIpc) is 3.12. The number of carbonyl (C=O) groups is 1. The highest BCUT2D eigenvalue weighted by molar-refractivity contribution is 8.13. The van der Waals surface area contributed by atoms with E-state index in [1.165, 1.54) is 30.0 Å². The summed E-state index contributed by atoms with van der Waals surface area (Å²) in [7, 11) is 0. The second-order valence-corrected chi connectivity index (χ2v) is 8.02. The zero-order chi connectivity index (χ0) is 21.5. The van der Waals surface area contributed by atoms with Crippen LogP contribution in [0.2, 0.25) is 0 Å². The molecule has 30 heavy (non-hydrogen) atoms. The van der Waals surface area contributed by atoms with Crippen molar-refractivity contribution in [1.82, 2.24) is 4.98 Å². The predicted molar refractivity (Wildman–Crippen MR) is 104 cm³/mol. The molecule has 1 amide bonds. The van der Waals surface area contributed by atoms with Crippen LogP contribution in [0.4, 0.5) is 23.2 Å². The number of benzene rings is 1. The summed E-state index contributed by atoms with van der Waals surface area (Å²) in [6.45, 7) is 0.572. The van der Waals surface area contributed by atoms with Crippen molar-refractivity contribution in [3.63, 3.8) is 0 Å². The third-order valence-electron chi connectivity index (χ3n) is 5.07. The van der Waals surface area contributed by atoms with Gasteiger partial charge in [0.05, 0.1) is 18.8 Å². The number of carbonyl (C=O) groups excluding carboxylic acids is 1. The van der Waals surface area contributed by atoms with Crippen molar-refractivity contribution in [2.45, 2.75) is 11.7 Å². The molecule has 2 aliphatic rings. The van der Waals surface area contributed by atoms with Crippen molar-refractivity contribution >= 4 is 28.5 Å². The number of aromatic nitrogens is 1. The summed E-state index contributed by atoms with van der Waals surface area (Å²) in [5, 5.41) is 2.87. The minimum absolute atomic E-state index is 0.0770. The number of pyridine rings is 1. The molecule has 1 fully saturated rings. The van der Waals surface area contributed by atoms with Crippen molar-refractivity contribution in [3.05, 3.63) is 59.2 Å². The van der Waals surface area contributed by atoms with Crippen LogP contribution in [0.3, 0.4) is 0 Å². The minimum atomic E-state index is -4.55. The molecular formula is C19H16F4N4O2S. The van der Waals surface area contributed by atoms with Gasteiger partial charge in [0.1, 0.15) is 17.1 Å². The van der Waals surface area contributed by atoms with Gasteiger partial charge in [-0.1, -0.05) is 11.8 Å². The highest BCUT2D eigenvalue weighted by Gasteiger charge is 2.49. The van der Waals surface area contributed by atoms with Crippen LogP contribution in [-0.4, -0.2) is 35.0 Å². The Morgan fingerprint density at radius 2 is 2.10 bits per heavy atom. The fourth-order valence-electron chi connectivity index (χ4n) is 3.52. The Kier molecular flexibility index (Phi) is 5.18. The third kappa shape index (κ3) is 3.74. The SMILES string of the molecule is NC1=N[C@]2(c3cc(NC(=O)c4ccc(C(F)(F)F)cn4)ccc3F)COC[C@H]2CS1. The second kappa shape index (κ2) is 7.55. The van der Waals surface area contributed by atoms with Crippen LogP contribution in [0.25, 0.3) is 0 Å². The van der Waals surface area contributed by atoms with E-state index in [1.807, 2.05) is 0 Å². The number of halogens is 4. The third-order valence-corrected chi connectivity index (χ3v) is 6.03. The number of aliphatic imine (C=N–C) groups is 1. The maximum Gasteiger partial charge on any atom is 0.417 e. The van der Waals surface area contributed by atoms with Gasteiger partial charge in [-0.05, 0) is 30.3 Å². The van der Waals surface area contributed by atoms with Crippen molar-refractivity contribution in [2.24, 2.45) is 16.6 Å². The van der Waals surface area contributed by atoms with E-state index in [0.29, 0.717) is 23.7 Å². The molecule has 0 saturated carbocycles. The lowest BCUT2D eigenvalue weighted by molar-refractivity contribution is -0.137. The van der Waals surface area contributed by atoms with E-state index in [0.717, 1.165) is 12.1 Å². The molecule has 1 aromatic heterocycles. The molecule has 158 valence electrons. The molecule has 11 heteroatoms. The maximum atomic E-state index is 14.7. The van der Waals surface area contributed by atoms with E-state index in [1.54, 1.807) is 0 Å². The van der Waals surface area contributed by atoms with E-state index < -0.39 is 29.0 Å². The highest BCUT2D eigenvalue weighted by Crippen LogP contribution is 2.45. The molecule has 4 rings (SSSR count). The highest BCUT2D eigenvalue weighted by atomic mass is 32.2. The molecule has 1 saturated heterocycles. The van der Waals surface area contributed by atoms with Crippen LogP contribution in [0.1, 0.15) is 21.6 Å². The first kappa shape index (κ1) is 20.6. The molecule has 2 aromatic rings. The zero-order valence-corrected chi connectivity index (χ0v) is 16.2. The number of ether oxygens (including phenoxy) is 1. The van der Waals surface area contributed by atoms with Crippen LogP contribution >= 0.6 is 11.8 Å². The van der Waals surface area contributed by atoms with Crippen LogP contribution in [-0.2, 0) is 16.5 Å². The number of nitrogens with two attached hydrogens (primary N) is 1. The van der Waals surface area contributed by atoms with Gasteiger partial charge in [-0.2, -0.15) is 13.2 Å². The van der Waals surface area contributed by atoms with Gasteiger partial charge in [0.25, 0.3) is 5.91 Å². The lowest BCUT2D eigenvalue weighted by Crippen LogP contribution is -2.40. The number of alkyl halides is 3. The van der Waals surface area contributed by atoms with Gasteiger partial charge in [-0.3, -0.25) is 9.78 Å². The molecular weight excluding hydrogens is 424 g/mol. The summed E-state index contributed by atoms with van der Waals surface area (Å²) < 4.78 is 58.2. The first-order chi connectivity index (χ1) is 14.2. The molecule has 0 spiro atoms. The fraction of sp³-hybridized carbons (Fsp3) is 0.316. The Balaban J connectivity index is 1.61. The molecule has 0 radical (unpaired) electrons. The molecule has 3 heterocycles. The molecule has 0 aliphatic carbocycles. The van der Waals surface area contributed by atoms with Crippen LogP contribution < -0.4 is 11.1 Å². The number of nitrogens with one attached hydrogen (secondary N) is 1. The van der Waals surface area contributed by atoms with Crippen LogP contribution in [0, 0.1) is 11.7 Å². The maximum absolute atomic E-state index is 14.7. The number of amidine groups is 1. The zero-order valence-electron chi connectivity index (χ0n) is 15.4. The largest absolute Gasteiger partial charge is 0.417 e. The topological polar surface area (TPSA) is 89.6 Å². The summed E-state index contributed by atoms with van der Waals surface area (Å²) in [5.41, 5.74) is 4.23. The minimum Gasteiger partial charge on any atom is -0.379 e. The number of rotatable bonds is 3. The number of amides is 1. The smallest absolute Gasteiger partial charge is 0.379 e. The molecule has 2 atom stereocenters. The van der Waals surface area contributed by atoms with Crippen molar-refractivity contribution in [3.8, 4) is 0 Å². The van der Waals surface area contributed by atoms with Gasteiger partial charge < -0.3 is 15.8 Å². The predicted octanol–water partition coefficient (Wildman–Crippen LogP) is 3.40. The Hall–Kier alpha value is -2.66. The number of hydrogen-bond donors (Lipinski definition) is 2. The number of thioether (sulfide) groups is 1. The number of hydrogen-bond acceptors (Lipinski definition) is 6. The van der Waals surface area contributed by atoms with Crippen molar-refractivity contribution in [2.75, 3.05) is 24.3 Å². The van der Waals surface area contributed by atoms with Gasteiger partial charge in [0.15, 0.2) is 5.17 Å². The van der Waals surface area contributed by atoms with Gasteiger partial charge >= 0.3 is 6.18 Å². The fourth-order valence-corrected chi connectivity index (χ4v) is 4.49. The lowest BCUT2D eigenvalue weighted by Gasteiger charge is -2.34. The van der Waals surface area contributed by atoms with Crippen molar-refractivity contribution < 1.29 is 27.1 Å². The Bertz CT molecular complexity index is 1010. The quantitative estimate of drug-likeness (QED) is 0.715. The van der Waals surface area contributed by atoms with E-state index in [4.69, 9.17) is 10.5 Å². The molecule has 6 nitrogen and oxygen atoms in total. The van der Waals surface area contributed by atoms with Gasteiger partial charge in [-0.15, -0.1) is 0 Å². The Morgan fingerprint density at radius 3 is 2.80 bits per heavy atom. The summed E-state index contributed by atoms with van der Waals surface area (Å²) in [6.07, 6.45) is -3.96. The summed E-state index contributed by atoms with van der Waals surface area (Å²) in [4.78, 5) is 20.4. The number of nitrogens with zero attached hydrogens (tertiary/aromatic N) is 2. The van der Waals surface area contributed by atoms with E-state index >= 15 is 0 Å². The normalized spacial score (nSPS) is 23.6. The van der Waals surface area contributed by atoms with Gasteiger partial charge in [0.2, 0.25) is 0 Å². The molecule has 3 N–H and O–H groups in total. The lowest BCUT2D eigenvalue weighted by atomic mass is 9.81. The monoisotopic (exact) mass is 440 g/mol. The van der Waals surface area contributed by atoms with Gasteiger partial charge in [0, 0.05) is 29.1 Å². The summed E-state index contributed by atoms with van der Waals surface area (Å²) in [6, 6.07) is 5.75. The second-order valence-electron chi connectivity index (χ2n) is 6.98. The van der Waals surface area contributed by atoms with Gasteiger partial charge in [-0.25, -0.2) is 9.38 Å². The molecule has 0 bridgehead atoms. The number of anilines is 1. The molecule has 0 unspecified atom stereocenters.